The molecule has 1 aromatic heterocycles. The fraction of sp³-hybridized carbons (Fsp3) is 0.444. The minimum absolute atomic E-state index is 0.154. The normalized spacial score (nSPS) is 11.2. The number of methoxy groups -OCH3 is 1. The standard InChI is InChI=1S/C18H23N3O4/c1-11(2)20(10-15(22)25-5)18(24)16-13-8-6-7-9-14(13)17(23)21(19-16)12(3)4/h6-9,11-12H,10H2,1-5H3. The van der Waals surface area contributed by atoms with E-state index in [1.807, 2.05) is 27.7 Å². The molecule has 0 saturated carbocycles. The van der Waals surface area contributed by atoms with Crippen molar-refractivity contribution in [2.45, 2.75) is 39.8 Å². The highest BCUT2D eigenvalue weighted by Crippen LogP contribution is 2.17. The number of rotatable bonds is 5. The van der Waals surface area contributed by atoms with Gasteiger partial charge in [0.1, 0.15) is 6.54 Å². The molecule has 1 amide bonds. The molecule has 0 saturated heterocycles. The Hall–Kier alpha value is -2.70. The summed E-state index contributed by atoms with van der Waals surface area (Å²) in [6, 6.07) is 6.44. The van der Waals surface area contributed by atoms with Gasteiger partial charge in [-0.3, -0.25) is 14.4 Å². The maximum absolute atomic E-state index is 13.1. The van der Waals surface area contributed by atoms with Crippen LogP contribution in [0, 0.1) is 0 Å². The van der Waals surface area contributed by atoms with Crippen molar-refractivity contribution < 1.29 is 14.3 Å². The molecule has 1 aromatic carbocycles. The first kappa shape index (κ1) is 18.6. The van der Waals surface area contributed by atoms with Crippen LogP contribution in [0.3, 0.4) is 0 Å². The average molecular weight is 345 g/mol. The fourth-order valence-corrected chi connectivity index (χ4v) is 2.54. The van der Waals surface area contributed by atoms with Gasteiger partial charge in [-0.1, -0.05) is 18.2 Å². The number of fused-ring (bicyclic) bond motifs is 1. The van der Waals surface area contributed by atoms with Gasteiger partial charge < -0.3 is 9.64 Å². The summed E-state index contributed by atoms with van der Waals surface area (Å²) in [5, 5.41) is 5.20. The fourth-order valence-electron chi connectivity index (χ4n) is 2.54. The number of carbonyl (C=O) groups is 2. The molecule has 134 valence electrons. The summed E-state index contributed by atoms with van der Waals surface area (Å²) in [6.07, 6.45) is 0. The highest BCUT2D eigenvalue weighted by atomic mass is 16.5. The number of carbonyl (C=O) groups excluding carboxylic acids is 2. The van der Waals surface area contributed by atoms with E-state index in [4.69, 9.17) is 0 Å². The van der Waals surface area contributed by atoms with E-state index >= 15 is 0 Å². The topological polar surface area (TPSA) is 81.5 Å². The van der Waals surface area contributed by atoms with Crippen LogP contribution in [-0.2, 0) is 9.53 Å². The number of benzene rings is 1. The summed E-state index contributed by atoms with van der Waals surface area (Å²) >= 11 is 0. The van der Waals surface area contributed by atoms with Gasteiger partial charge in [0.25, 0.3) is 11.5 Å². The van der Waals surface area contributed by atoms with Gasteiger partial charge in [-0.05, 0) is 33.8 Å². The molecule has 1 heterocycles. The van der Waals surface area contributed by atoms with Gasteiger partial charge >= 0.3 is 5.97 Å². The maximum Gasteiger partial charge on any atom is 0.325 e. The lowest BCUT2D eigenvalue weighted by Crippen LogP contribution is -2.42. The second-order valence-corrected chi connectivity index (χ2v) is 6.34. The van der Waals surface area contributed by atoms with Crippen LogP contribution in [0.15, 0.2) is 29.1 Å². The van der Waals surface area contributed by atoms with Gasteiger partial charge in [0.15, 0.2) is 5.69 Å². The Labute approximate surface area is 146 Å². The van der Waals surface area contributed by atoms with Gasteiger partial charge in [-0.25, -0.2) is 4.68 Å². The highest BCUT2D eigenvalue weighted by Gasteiger charge is 2.26. The first-order valence-corrected chi connectivity index (χ1v) is 8.17. The summed E-state index contributed by atoms with van der Waals surface area (Å²) in [7, 11) is 1.28. The van der Waals surface area contributed by atoms with Crippen LogP contribution in [0.2, 0.25) is 0 Å². The summed E-state index contributed by atoms with van der Waals surface area (Å²) in [5.41, 5.74) is -0.0901. The summed E-state index contributed by atoms with van der Waals surface area (Å²) in [6.45, 7) is 7.09. The third-order valence-corrected chi connectivity index (χ3v) is 3.93. The van der Waals surface area contributed by atoms with Crippen LogP contribution in [0.4, 0.5) is 0 Å². The zero-order valence-corrected chi connectivity index (χ0v) is 15.1. The molecule has 0 aliphatic carbocycles. The Kier molecular flexibility index (Phi) is 5.56. The number of aromatic nitrogens is 2. The number of hydrogen-bond acceptors (Lipinski definition) is 5. The van der Waals surface area contributed by atoms with E-state index < -0.39 is 11.9 Å². The lowest BCUT2D eigenvalue weighted by Gasteiger charge is -2.26. The smallest absolute Gasteiger partial charge is 0.325 e. The van der Waals surface area contributed by atoms with Crippen LogP contribution in [0.5, 0.6) is 0 Å². The van der Waals surface area contributed by atoms with Crippen molar-refractivity contribution in [1.29, 1.82) is 0 Å². The maximum atomic E-state index is 13.1. The van der Waals surface area contributed by atoms with Gasteiger partial charge in [-0.2, -0.15) is 5.10 Å². The third-order valence-electron chi connectivity index (χ3n) is 3.93. The van der Waals surface area contributed by atoms with Crippen LogP contribution >= 0.6 is 0 Å². The van der Waals surface area contributed by atoms with E-state index in [0.29, 0.717) is 10.8 Å². The molecular formula is C18H23N3O4. The van der Waals surface area contributed by atoms with Crippen LogP contribution in [-0.4, -0.2) is 46.3 Å². The predicted molar refractivity (Wildman–Crippen MR) is 94.6 cm³/mol. The van der Waals surface area contributed by atoms with Crippen molar-refractivity contribution >= 4 is 22.6 Å². The number of amides is 1. The van der Waals surface area contributed by atoms with Crippen LogP contribution in [0.1, 0.15) is 44.2 Å². The number of esters is 1. The van der Waals surface area contributed by atoms with Gasteiger partial charge in [0.2, 0.25) is 0 Å². The molecule has 0 atom stereocenters. The molecule has 0 fully saturated rings. The van der Waals surface area contributed by atoms with Gasteiger partial charge in [0.05, 0.1) is 18.5 Å². The zero-order chi connectivity index (χ0) is 18.7. The highest BCUT2D eigenvalue weighted by molar-refractivity contribution is 6.05. The first-order chi connectivity index (χ1) is 11.8. The second-order valence-electron chi connectivity index (χ2n) is 6.34. The molecule has 0 aliphatic rings. The zero-order valence-electron chi connectivity index (χ0n) is 15.1. The van der Waals surface area contributed by atoms with E-state index in [1.54, 1.807) is 24.3 Å². The van der Waals surface area contributed by atoms with Crippen molar-refractivity contribution in [2.75, 3.05) is 13.7 Å². The van der Waals surface area contributed by atoms with Gasteiger partial charge in [0, 0.05) is 11.4 Å². The molecule has 2 aromatic rings. The summed E-state index contributed by atoms with van der Waals surface area (Å²) in [4.78, 5) is 38.7. The molecule has 25 heavy (non-hydrogen) atoms. The minimum atomic E-state index is -0.511. The second kappa shape index (κ2) is 7.46. The van der Waals surface area contributed by atoms with E-state index in [-0.39, 0.29) is 29.9 Å². The van der Waals surface area contributed by atoms with E-state index in [9.17, 15) is 14.4 Å². The number of nitrogens with zero attached hydrogens (tertiary/aromatic N) is 3. The molecule has 0 aliphatic heterocycles. The number of ether oxygens (including phenoxy) is 1. The molecule has 0 radical (unpaired) electrons. The van der Waals surface area contributed by atoms with Crippen molar-refractivity contribution in [1.82, 2.24) is 14.7 Å². The van der Waals surface area contributed by atoms with Crippen LogP contribution < -0.4 is 5.56 Å². The van der Waals surface area contributed by atoms with Crippen molar-refractivity contribution in [2.24, 2.45) is 0 Å². The van der Waals surface area contributed by atoms with E-state index in [1.165, 1.54) is 16.7 Å². The Morgan fingerprint density at radius 3 is 2.28 bits per heavy atom. The Morgan fingerprint density at radius 2 is 1.76 bits per heavy atom. The number of hydrogen-bond donors (Lipinski definition) is 0. The monoisotopic (exact) mass is 345 g/mol. The molecule has 0 spiro atoms. The van der Waals surface area contributed by atoms with Crippen molar-refractivity contribution in [3.8, 4) is 0 Å². The largest absolute Gasteiger partial charge is 0.468 e. The lowest BCUT2D eigenvalue weighted by atomic mass is 10.1. The minimum Gasteiger partial charge on any atom is -0.468 e. The Bertz CT molecular complexity index is 855. The van der Waals surface area contributed by atoms with Gasteiger partial charge in [-0.15, -0.1) is 0 Å². The lowest BCUT2D eigenvalue weighted by molar-refractivity contribution is -0.141. The molecule has 0 bridgehead atoms. The van der Waals surface area contributed by atoms with E-state index in [2.05, 4.69) is 9.84 Å². The molecule has 0 N–H and O–H groups in total. The molecule has 2 rings (SSSR count). The molecular weight excluding hydrogens is 322 g/mol. The molecule has 7 nitrogen and oxygen atoms in total. The Morgan fingerprint density at radius 1 is 1.16 bits per heavy atom. The first-order valence-electron chi connectivity index (χ1n) is 8.17. The van der Waals surface area contributed by atoms with Crippen molar-refractivity contribution in [3.63, 3.8) is 0 Å². The van der Waals surface area contributed by atoms with Crippen LogP contribution in [0.25, 0.3) is 10.8 Å². The SMILES string of the molecule is COC(=O)CN(C(=O)c1nn(C(C)C)c(=O)c2ccccc12)C(C)C. The quantitative estimate of drug-likeness (QED) is 0.774. The Balaban J connectivity index is 2.65. The predicted octanol–water partition coefficient (Wildman–Crippen LogP) is 2.00. The summed E-state index contributed by atoms with van der Waals surface area (Å²) in [5.74, 6) is -0.922. The summed E-state index contributed by atoms with van der Waals surface area (Å²) < 4.78 is 5.97. The molecule has 7 heteroatoms. The average Bonchev–Trinajstić information content (AvgIpc) is 2.58. The van der Waals surface area contributed by atoms with E-state index in [0.717, 1.165) is 0 Å². The van der Waals surface area contributed by atoms with Crippen molar-refractivity contribution in [3.05, 3.63) is 40.3 Å². The third kappa shape index (κ3) is 3.70. The molecule has 0 unspecified atom stereocenters.